The number of methoxy groups -OCH3 is 1. The molecule has 1 aromatic heterocycles. The van der Waals surface area contributed by atoms with Crippen LogP contribution in [0.25, 0.3) is 0 Å². The van der Waals surface area contributed by atoms with Gasteiger partial charge in [-0.15, -0.1) is 0 Å². The van der Waals surface area contributed by atoms with E-state index in [2.05, 4.69) is 5.16 Å². The Kier molecular flexibility index (Phi) is 6.80. The van der Waals surface area contributed by atoms with Gasteiger partial charge in [0, 0.05) is 38.2 Å². The van der Waals surface area contributed by atoms with E-state index in [1.165, 1.54) is 0 Å². The van der Waals surface area contributed by atoms with Crippen molar-refractivity contribution in [2.24, 2.45) is 4.99 Å². The molecular weight excluding hydrogens is 456 g/mol. The Morgan fingerprint density at radius 1 is 1.08 bits per heavy atom. The van der Waals surface area contributed by atoms with Crippen LogP contribution >= 0.6 is 0 Å². The van der Waals surface area contributed by atoms with Gasteiger partial charge in [-0.2, -0.15) is 0 Å². The molecule has 0 radical (unpaired) electrons. The van der Waals surface area contributed by atoms with Gasteiger partial charge in [0.05, 0.1) is 35.3 Å². The number of aliphatic hydroxyl groups is 1. The molecule has 0 amide bonds. The highest BCUT2D eigenvalue weighted by atomic mass is 16.5. The largest absolute Gasteiger partial charge is 0.511 e. The molecule has 1 unspecified atom stereocenters. The lowest BCUT2D eigenvalue weighted by Crippen LogP contribution is -2.26. The standard InChI is InChI=1S/C29H28N2O5/c1-35-21-10-5-9-20(17-21)30-23-15-19(18-7-3-2-4-8-18)16-26(34)28(23)25(33)14-13-22-29-24(32)11-6-12-27(29)36-31-22/h2-5,7-10,17,19,33H,6,11-16H2,1H3. The molecule has 3 aromatic rings. The van der Waals surface area contributed by atoms with E-state index in [-0.39, 0.29) is 35.2 Å². The topological polar surface area (TPSA) is 102 Å². The van der Waals surface area contributed by atoms with Crippen molar-refractivity contribution >= 4 is 23.0 Å². The number of allylic oxidation sites excluding steroid dienone is 2. The van der Waals surface area contributed by atoms with Crippen molar-refractivity contribution in [3.05, 3.63) is 88.5 Å². The third-order valence-corrected chi connectivity index (χ3v) is 6.83. The molecule has 36 heavy (non-hydrogen) atoms. The van der Waals surface area contributed by atoms with Crippen LogP contribution in [0.5, 0.6) is 5.75 Å². The van der Waals surface area contributed by atoms with Crippen molar-refractivity contribution in [1.82, 2.24) is 5.16 Å². The summed E-state index contributed by atoms with van der Waals surface area (Å²) >= 11 is 0. The molecular formula is C29H28N2O5. The lowest BCUT2D eigenvalue weighted by molar-refractivity contribution is -0.116. The number of carbonyl (C=O) groups is 2. The first-order valence-electron chi connectivity index (χ1n) is 12.3. The molecule has 0 bridgehead atoms. The molecule has 1 atom stereocenters. The van der Waals surface area contributed by atoms with Gasteiger partial charge in [-0.1, -0.05) is 41.6 Å². The molecule has 5 rings (SSSR count). The van der Waals surface area contributed by atoms with E-state index in [4.69, 9.17) is 14.3 Å². The molecule has 2 aromatic carbocycles. The maximum atomic E-state index is 13.4. The summed E-state index contributed by atoms with van der Waals surface area (Å²) in [5, 5.41) is 15.2. The fourth-order valence-corrected chi connectivity index (χ4v) is 5.04. The summed E-state index contributed by atoms with van der Waals surface area (Å²) < 4.78 is 10.7. The molecule has 2 aliphatic rings. The highest BCUT2D eigenvalue weighted by molar-refractivity contribution is 6.25. The molecule has 1 saturated carbocycles. The van der Waals surface area contributed by atoms with E-state index in [0.717, 1.165) is 12.0 Å². The van der Waals surface area contributed by atoms with E-state index in [9.17, 15) is 14.7 Å². The number of nitrogens with zero attached hydrogens (tertiary/aromatic N) is 2. The minimum Gasteiger partial charge on any atom is -0.511 e. The number of aliphatic imine (C=N–C) groups is 1. The van der Waals surface area contributed by atoms with Crippen LogP contribution in [-0.4, -0.2) is 34.7 Å². The summed E-state index contributed by atoms with van der Waals surface area (Å²) in [6.45, 7) is 0. The number of ketones is 2. The number of Topliss-reactive ketones (excluding diaryl/α,β-unsaturated/α-hetero) is 2. The molecule has 2 aliphatic carbocycles. The molecule has 0 aliphatic heterocycles. The smallest absolute Gasteiger partial charge is 0.168 e. The highest BCUT2D eigenvalue weighted by Crippen LogP contribution is 2.35. The van der Waals surface area contributed by atoms with E-state index < -0.39 is 0 Å². The van der Waals surface area contributed by atoms with E-state index in [0.29, 0.717) is 66.3 Å². The quantitative estimate of drug-likeness (QED) is 0.347. The Labute approximate surface area is 209 Å². The number of aryl methyl sites for hydroxylation is 2. The van der Waals surface area contributed by atoms with Crippen LogP contribution in [0, 0.1) is 0 Å². The number of hydrogen-bond acceptors (Lipinski definition) is 7. The van der Waals surface area contributed by atoms with Gasteiger partial charge < -0.3 is 14.4 Å². The van der Waals surface area contributed by atoms with Gasteiger partial charge in [-0.05, 0) is 36.5 Å². The first-order valence-corrected chi connectivity index (χ1v) is 12.3. The molecule has 1 heterocycles. The number of aromatic nitrogens is 1. The number of rotatable bonds is 6. The monoisotopic (exact) mass is 484 g/mol. The Hall–Kier alpha value is -4.00. The van der Waals surface area contributed by atoms with Crippen molar-refractivity contribution < 1.29 is 24.0 Å². The number of carbonyl (C=O) groups excluding carboxylic acids is 2. The first-order chi connectivity index (χ1) is 17.5. The molecule has 1 N–H and O–H groups in total. The van der Waals surface area contributed by atoms with Gasteiger partial charge in [-0.3, -0.25) is 14.6 Å². The highest BCUT2D eigenvalue weighted by Gasteiger charge is 2.33. The van der Waals surface area contributed by atoms with Crippen LogP contribution < -0.4 is 4.74 Å². The molecule has 1 fully saturated rings. The third kappa shape index (κ3) is 4.87. The summed E-state index contributed by atoms with van der Waals surface area (Å²) in [5.41, 5.74) is 3.60. The molecule has 0 spiro atoms. The second kappa shape index (κ2) is 10.3. The number of hydrogen-bond donors (Lipinski definition) is 1. The van der Waals surface area contributed by atoms with Gasteiger partial charge in [-0.25, -0.2) is 0 Å². The summed E-state index contributed by atoms with van der Waals surface area (Å²) in [7, 11) is 1.59. The van der Waals surface area contributed by atoms with Crippen LogP contribution in [0.1, 0.15) is 65.4 Å². The summed E-state index contributed by atoms with van der Waals surface area (Å²) in [4.78, 5) is 30.6. The maximum absolute atomic E-state index is 13.4. The molecule has 184 valence electrons. The second-order valence-corrected chi connectivity index (χ2v) is 9.22. The van der Waals surface area contributed by atoms with Crippen LogP contribution in [0.3, 0.4) is 0 Å². The van der Waals surface area contributed by atoms with E-state index in [1.807, 2.05) is 48.5 Å². The van der Waals surface area contributed by atoms with Gasteiger partial charge in [0.15, 0.2) is 11.6 Å². The number of ether oxygens (including phenoxy) is 1. The van der Waals surface area contributed by atoms with Crippen LogP contribution in [-0.2, 0) is 17.6 Å². The number of benzene rings is 2. The van der Waals surface area contributed by atoms with Crippen LogP contribution in [0.2, 0.25) is 0 Å². The summed E-state index contributed by atoms with van der Waals surface area (Å²) in [6.07, 6.45) is 3.21. The Morgan fingerprint density at radius 3 is 2.72 bits per heavy atom. The second-order valence-electron chi connectivity index (χ2n) is 9.22. The normalized spacial score (nSPS) is 20.4. The van der Waals surface area contributed by atoms with Gasteiger partial charge in [0.2, 0.25) is 0 Å². The van der Waals surface area contributed by atoms with E-state index in [1.54, 1.807) is 13.2 Å². The molecule has 0 saturated heterocycles. The maximum Gasteiger partial charge on any atom is 0.168 e. The zero-order valence-corrected chi connectivity index (χ0v) is 20.2. The zero-order valence-electron chi connectivity index (χ0n) is 20.2. The zero-order chi connectivity index (χ0) is 25.1. The number of aliphatic hydroxyl groups excluding tert-OH is 1. The van der Waals surface area contributed by atoms with Gasteiger partial charge in [0.25, 0.3) is 0 Å². The average Bonchev–Trinajstić information content (AvgIpc) is 3.32. The predicted octanol–water partition coefficient (Wildman–Crippen LogP) is 5.87. The minimum atomic E-state index is -0.146. The average molecular weight is 485 g/mol. The SMILES string of the molecule is COc1cccc(N=C2CC(c3ccccc3)CC(=O)C2=C(O)CCc2noc3c2C(=O)CCC3)c1. The van der Waals surface area contributed by atoms with Crippen LogP contribution in [0.15, 0.2) is 75.4 Å². The third-order valence-electron chi connectivity index (χ3n) is 6.83. The Morgan fingerprint density at radius 2 is 1.92 bits per heavy atom. The Balaban J connectivity index is 1.47. The van der Waals surface area contributed by atoms with Crippen molar-refractivity contribution in [2.75, 3.05) is 7.11 Å². The minimum absolute atomic E-state index is 0.0272. The van der Waals surface area contributed by atoms with Crippen molar-refractivity contribution in [3.63, 3.8) is 0 Å². The van der Waals surface area contributed by atoms with Crippen LogP contribution in [0.4, 0.5) is 5.69 Å². The fourth-order valence-electron chi connectivity index (χ4n) is 5.04. The van der Waals surface area contributed by atoms with Crippen molar-refractivity contribution in [3.8, 4) is 5.75 Å². The summed E-state index contributed by atoms with van der Waals surface area (Å²) in [6, 6.07) is 17.2. The van der Waals surface area contributed by atoms with Gasteiger partial charge in [0.1, 0.15) is 17.3 Å². The molecule has 7 nitrogen and oxygen atoms in total. The van der Waals surface area contributed by atoms with Gasteiger partial charge >= 0.3 is 0 Å². The predicted molar refractivity (Wildman–Crippen MR) is 135 cm³/mol. The lowest BCUT2D eigenvalue weighted by Gasteiger charge is -2.26. The fraction of sp³-hybridized carbons (Fsp3) is 0.310. The number of fused-ring (bicyclic) bond motifs is 1. The summed E-state index contributed by atoms with van der Waals surface area (Å²) in [5.74, 6) is 1.10. The molecule has 7 heteroatoms. The Bertz CT molecular complexity index is 1350. The van der Waals surface area contributed by atoms with Crippen molar-refractivity contribution in [2.45, 2.75) is 50.9 Å². The lowest BCUT2D eigenvalue weighted by atomic mass is 9.78. The van der Waals surface area contributed by atoms with Crippen molar-refractivity contribution in [1.29, 1.82) is 0 Å². The first kappa shape index (κ1) is 23.7. The van der Waals surface area contributed by atoms with E-state index >= 15 is 0 Å².